The van der Waals surface area contributed by atoms with Gasteiger partial charge in [0.05, 0.1) is 57.9 Å². The number of rotatable bonds is 7. The van der Waals surface area contributed by atoms with Gasteiger partial charge in [-0.15, -0.1) is 0 Å². The molecule has 1 unspecified atom stereocenters. The predicted molar refractivity (Wildman–Crippen MR) is 153 cm³/mol. The summed E-state index contributed by atoms with van der Waals surface area (Å²) in [6.45, 7) is 2.41. The number of hydrogen-bond donors (Lipinski definition) is 2. The summed E-state index contributed by atoms with van der Waals surface area (Å²) in [4.78, 5) is 47.1. The van der Waals surface area contributed by atoms with Crippen LogP contribution in [0.15, 0.2) is 53.8 Å². The Bertz CT molecular complexity index is 1840. The van der Waals surface area contributed by atoms with Crippen LogP contribution in [0, 0.1) is 6.92 Å². The zero-order chi connectivity index (χ0) is 30.9. The van der Waals surface area contributed by atoms with Gasteiger partial charge in [0, 0.05) is 43.7 Å². The number of nitrogens with zero attached hydrogens (tertiary/aromatic N) is 6. The molecule has 0 spiro atoms. The lowest BCUT2D eigenvalue weighted by atomic mass is 10.0. The summed E-state index contributed by atoms with van der Waals surface area (Å²) in [6.07, 6.45) is 5.49. The Hall–Kier alpha value is -4.66. The van der Waals surface area contributed by atoms with E-state index in [-0.39, 0.29) is 35.9 Å². The molecule has 0 aliphatic carbocycles. The Labute approximate surface area is 245 Å². The van der Waals surface area contributed by atoms with E-state index in [0.717, 1.165) is 11.6 Å². The molecule has 2 N–H and O–H groups in total. The van der Waals surface area contributed by atoms with Gasteiger partial charge in [-0.2, -0.15) is 0 Å². The molecule has 1 atom stereocenters. The monoisotopic (exact) mass is 610 g/mol. The van der Waals surface area contributed by atoms with Crippen LogP contribution in [-0.4, -0.2) is 76.5 Å². The van der Waals surface area contributed by atoms with Crippen molar-refractivity contribution in [2.45, 2.75) is 43.7 Å². The third kappa shape index (κ3) is 6.71. The third-order valence-electron chi connectivity index (χ3n) is 6.93. The first-order valence-electron chi connectivity index (χ1n) is 13.2. The van der Waals surface area contributed by atoms with Crippen molar-refractivity contribution in [1.29, 1.82) is 0 Å². The molecule has 0 radical (unpaired) electrons. The fourth-order valence-electron chi connectivity index (χ4n) is 4.76. The quantitative estimate of drug-likeness (QED) is 0.318. The molecule has 4 aromatic heterocycles. The Kier molecular flexibility index (Phi) is 8.01. The fourth-order valence-corrected chi connectivity index (χ4v) is 5.69. The number of fused-ring (bicyclic) bond motifs is 1. The average molecular weight is 611 g/mol. The van der Waals surface area contributed by atoms with Crippen molar-refractivity contribution in [3.63, 3.8) is 0 Å². The van der Waals surface area contributed by atoms with Gasteiger partial charge in [-0.3, -0.25) is 19.6 Å². The van der Waals surface area contributed by atoms with E-state index in [1.165, 1.54) is 30.3 Å². The zero-order valence-electron chi connectivity index (χ0n) is 23.5. The topological polar surface area (TPSA) is 160 Å². The highest BCUT2D eigenvalue weighted by Crippen LogP contribution is 2.30. The number of hydrogen-bond acceptors (Lipinski definition) is 10. The molecule has 4 aromatic rings. The zero-order valence-corrected chi connectivity index (χ0v) is 24.3. The van der Waals surface area contributed by atoms with Crippen molar-refractivity contribution in [2.24, 2.45) is 0 Å². The van der Waals surface area contributed by atoms with Crippen LogP contribution >= 0.6 is 0 Å². The van der Waals surface area contributed by atoms with Gasteiger partial charge in [-0.1, -0.05) is 0 Å². The van der Waals surface area contributed by atoms with E-state index in [2.05, 4.69) is 35.6 Å². The van der Waals surface area contributed by atoms with Crippen molar-refractivity contribution in [2.75, 3.05) is 24.2 Å². The maximum absolute atomic E-state index is 14.7. The minimum atomic E-state index is -3.55. The molecule has 0 saturated carbocycles. The van der Waals surface area contributed by atoms with Gasteiger partial charge < -0.3 is 15.5 Å². The van der Waals surface area contributed by atoms with E-state index in [0.29, 0.717) is 28.3 Å². The average Bonchev–Trinajstić information content (AvgIpc) is 2.96. The number of aromatic nitrogens is 5. The van der Waals surface area contributed by atoms with Gasteiger partial charge in [0.15, 0.2) is 9.84 Å². The first-order valence-corrected chi connectivity index (χ1v) is 15.1. The molecule has 0 bridgehead atoms. The number of piperidine rings is 1. The third-order valence-corrected chi connectivity index (χ3v) is 8.14. The fraction of sp³-hybridized carbons (Fsp3) is 0.321. The highest BCUT2D eigenvalue weighted by Gasteiger charge is 2.45. The molecule has 224 valence electrons. The van der Waals surface area contributed by atoms with E-state index in [1.54, 1.807) is 37.4 Å². The summed E-state index contributed by atoms with van der Waals surface area (Å²) in [5.41, 5.74) is 2.38. The Morgan fingerprint density at radius 3 is 2.56 bits per heavy atom. The largest absolute Gasteiger partial charge is 0.347 e. The van der Waals surface area contributed by atoms with Crippen molar-refractivity contribution in [3.05, 3.63) is 65.9 Å². The number of aryl methyl sites for hydroxylation is 1. The molecule has 0 aromatic carbocycles. The Balaban J connectivity index is 1.32. The second-order valence-corrected chi connectivity index (χ2v) is 12.3. The summed E-state index contributed by atoms with van der Waals surface area (Å²) >= 11 is 0. The van der Waals surface area contributed by atoms with Crippen LogP contribution in [0.5, 0.6) is 0 Å². The number of anilines is 1. The number of carbonyl (C=O) groups is 2. The number of amides is 2. The second kappa shape index (κ2) is 11.6. The van der Waals surface area contributed by atoms with Crippen LogP contribution in [0.2, 0.25) is 0 Å². The van der Waals surface area contributed by atoms with Crippen molar-refractivity contribution >= 4 is 38.5 Å². The number of alkyl halides is 2. The van der Waals surface area contributed by atoms with Gasteiger partial charge in [0.1, 0.15) is 0 Å². The lowest BCUT2D eigenvalue weighted by Gasteiger charge is -2.38. The second-order valence-electron chi connectivity index (χ2n) is 10.3. The van der Waals surface area contributed by atoms with Crippen molar-refractivity contribution in [3.8, 4) is 11.4 Å². The van der Waals surface area contributed by atoms with Gasteiger partial charge >= 0.3 is 0 Å². The van der Waals surface area contributed by atoms with Gasteiger partial charge in [0.25, 0.3) is 11.8 Å². The molecule has 1 aliphatic heterocycles. The van der Waals surface area contributed by atoms with Crippen LogP contribution < -0.4 is 15.5 Å². The van der Waals surface area contributed by atoms with E-state index >= 15 is 0 Å². The first-order chi connectivity index (χ1) is 20.3. The van der Waals surface area contributed by atoms with E-state index in [1.807, 2.05) is 0 Å². The molecule has 1 aliphatic rings. The molecule has 1 fully saturated rings. The summed E-state index contributed by atoms with van der Waals surface area (Å²) < 4.78 is 53.4. The summed E-state index contributed by atoms with van der Waals surface area (Å²) in [5.74, 6) is -4.05. The molecule has 1 saturated heterocycles. The van der Waals surface area contributed by atoms with Crippen LogP contribution in [0.4, 0.5) is 14.7 Å². The summed E-state index contributed by atoms with van der Waals surface area (Å²) in [5, 5.41) is 5.76. The molecular weight excluding hydrogens is 582 g/mol. The number of sulfone groups is 1. The standard InChI is InChI=1S/C28H28F2N8O4S/c1-16-24(43(3,41)42)10-19(13-32-16)26(40)34-14-20-11-23-18(12-33-20)4-5-21(36-23)22-6-8-31-27(37-22)38-9-7-25(35-17(2)39)28(29,30)15-38/h4-6,8,10-13,25H,7,9,14-15H2,1-3H3,(H,34,40)(H,35,39). The normalized spacial score (nSPS) is 16.6. The van der Waals surface area contributed by atoms with Gasteiger partial charge in [0.2, 0.25) is 11.9 Å². The van der Waals surface area contributed by atoms with Crippen molar-refractivity contribution < 1.29 is 26.8 Å². The minimum absolute atomic E-state index is 0.0169. The SMILES string of the molecule is CC(=O)NC1CCN(c2nccc(-c3ccc4cnc(CNC(=O)c5cnc(C)c(S(C)(=O)=O)c5)cc4n3)n2)CC1(F)F. The first kappa shape index (κ1) is 29.8. The number of pyridine rings is 3. The molecule has 43 heavy (non-hydrogen) atoms. The number of carbonyl (C=O) groups excluding carboxylic acids is 2. The summed E-state index contributed by atoms with van der Waals surface area (Å²) in [7, 11) is -3.55. The van der Waals surface area contributed by atoms with E-state index in [9.17, 15) is 26.8 Å². The maximum Gasteiger partial charge on any atom is 0.285 e. The number of nitrogens with one attached hydrogen (secondary N) is 2. The smallest absolute Gasteiger partial charge is 0.285 e. The predicted octanol–water partition coefficient (Wildman–Crippen LogP) is 2.47. The number of halogens is 2. The highest BCUT2D eigenvalue weighted by molar-refractivity contribution is 7.90. The van der Waals surface area contributed by atoms with Gasteiger partial charge in [-0.25, -0.2) is 32.2 Å². The van der Waals surface area contributed by atoms with Crippen LogP contribution in [0.1, 0.15) is 35.1 Å². The molecule has 12 nitrogen and oxygen atoms in total. The minimum Gasteiger partial charge on any atom is -0.347 e. The van der Waals surface area contributed by atoms with E-state index < -0.39 is 40.2 Å². The van der Waals surface area contributed by atoms with Gasteiger partial charge in [-0.05, 0) is 43.7 Å². The molecule has 5 heterocycles. The van der Waals surface area contributed by atoms with Crippen LogP contribution in [-0.2, 0) is 21.2 Å². The van der Waals surface area contributed by atoms with Crippen molar-refractivity contribution in [1.82, 2.24) is 35.6 Å². The van der Waals surface area contributed by atoms with Crippen LogP contribution in [0.25, 0.3) is 22.3 Å². The molecule has 15 heteroatoms. The van der Waals surface area contributed by atoms with Crippen LogP contribution in [0.3, 0.4) is 0 Å². The summed E-state index contributed by atoms with van der Waals surface area (Å²) in [6, 6.07) is 6.90. The highest BCUT2D eigenvalue weighted by atomic mass is 32.2. The lowest BCUT2D eigenvalue weighted by Crippen LogP contribution is -2.58. The Morgan fingerprint density at radius 1 is 1.07 bits per heavy atom. The lowest BCUT2D eigenvalue weighted by molar-refractivity contribution is -0.124. The molecule has 5 rings (SSSR count). The van der Waals surface area contributed by atoms with E-state index in [4.69, 9.17) is 0 Å². The Morgan fingerprint density at radius 2 is 1.84 bits per heavy atom. The molecular formula is C28H28F2N8O4S. The maximum atomic E-state index is 14.7. The molecule has 2 amide bonds.